The number of hydrogen-bond acceptors (Lipinski definition) is 4. The fourth-order valence-electron chi connectivity index (χ4n) is 1.97. The van der Waals surface area contributed by atoms with Gasteiger partial charge in [0.1, 0.15) is 11.4 Å². The zero-order chi connectivity index (χ0) is 11.8. The van der Waals surface area contributed by atoms with E-state index in [0.29, 0.717) is 6.61 Å². The molecule has 0 spiro atoms. The molecule has 1 aromatic rings. The van der Waals surface area contributed by atoms with E-state index in [4.69, 9.17) is 14.2 Å². The number of rotatable bonds is 4. The van der Waals surface area contributed by atoms with Crippen LogP contribution in [0, 0.1) is 6.92 Å². The minimum absolute atomic E-state index is 0.229. The molecule has 1 unspecified atom stereocenters. The Balaban J connectivity index is 2.54. The van der Waals surface area contributed by atoms with Crippen LogP contribution in [-0.4, -0.2) is 25.8 Å². The quantitative estimate of drug-likeness (QED) is 0.730. The summed E-state index contributed by atoms with van der Waals surface area (Å²) < 4.78 is 16.1. The van der Waals surface area contributed by atoms with Crippen LogP contribution in [0.25, 0.3) is 0 Å². The van der Waals surface area contributed by atoms with Crippen molar-refractivity contribution in [3.05, 3.63) is 23.0 Å². The number of methoxy groups -OCH3 is 2. The summed E-state index contributed by atoms with van der Waals surface area (Å²) in [4.78, 5) is 4.31. The highest BCUT2D eigenvalue weighted by molar-refractivity contribution is 5.47. The fourth-order valence-corrected chi connectivity index (χ4v) is 1.97. The molecule has 0 bridgehead atoms. The first-order valence-corrected chi connectivity index (χ1v) is 5.28. The average Bonchev–Trinajstić information content (AvgIpc) is 3.00. The lowest BCUT2D eigenvalue weighted by Gasteiger charge is -2.17. The Morgan fingerprint density at radius 2 is 2.19 bits per heavy atom. The third-order valence-corrected chi connectivity index (χ3v) is 2.90. The predicted molar refractivity (Wildman–Crippen MR) is 59.5 cm³/mol. The van der Waals surface area contributed by atoms with E-state index in [0.717, 1.165) is 29.2 Å². The van der Waals surface area contributed by atoms with E-state index >= 15 is 0 Å². The zero-order valence-corrected chi connectivity index (χ0v) is 10.2. The van der Waals surface area contributed by atoms with Crippen molar-refractivity contribution in [2.75, 3.05) is 20.8 Å². The lowest BCUT2D eigenvalue weighted by Crippen LogP contribution is -2.12. The van der Waals surface area contributed by atoms with Crippen molar-refractivity contribution in [2.24, 2.45) is 0 Å². The largest absolute Gasteiger partial charge is 0.494 e. The van der Waals surface area contributed by atoms with Gasteiger partial charge in [0.25, 0.3) is 0 Å². The summed E-state index contributed by atoms with van der Waals surface area (Å²) in [6.45, 7) is 5.25. The Kier molecular flexibility index (Phi) is 2.86. The number of nitrogens with zero attached hydrogens (tertiary/aromatic N) is 1. The van der Waals surface area contributed by atoms with Gasteiger partial charge in [-0.25, -0.2) is 0 Å². The summed E-state index contributed by atoms with van der Waals surface area (Å²) >= 11 is 0. The molecule has 1 aliphatic rings. The van der Waals surface area contributed by atoms with Crippen molar-refractivity contribution in [1.29, 1.82) is 0 Å². The van der Waals surface area contributed by atoms with Crippen LogP contribution >= 0.6 is 0 Å². The van der Waals surface area contributed by atoms with Gasteiger partial charge in [0.15, 0.2) is 0 Å². The molecule has 0 N–H and O–H groups in total. The molecule has 0 radical (unpaired) electrons. The van der Waals surface area contributed by atoms with Crippen molar-refractivity contribution >= 4 is 0 Å². The molecule has 1 saturated heterocycles. The van der Waals surface area contributed by atoms with Crippen LogP contribution in [0.5, 0.6) is 5.75 Å². The smallest absolute Gasteiger partial charge is 0.146 e. The molecule has 1 fully saturated rings. The van der Waals surface area contributed by atoms with Crippen LogP contribution in [0.3, 0.4) is 0 Å². The molecule has 16 heavy (non-hydrogen) atoms. The summed E-state index contributed by atoms with van der Waals surface area (Å²) in [5.74, 6) is 0.814. The topological polar surface area (TPSA) is 43.9 Å². The Morgan fingerprint density at radius 3 is 2.69 bits per heavy atom. The van der Waals surface area contributed by atoms with Gasteiger partial charge in [-0.2, -0.15) is 0 Å². The maximum atomic E-state index is 5.50. The second-order valence-corrected chi connectivity index (χ2v) is 4.23. The molecule has 0 aliphatic carbocycles. The lowest BCUT2D eigenvalue weighted by atomic mass is 9.96. The Hall–Kier alpha value is -1.13. The highest BCUT2D eigenvalue weighted by Crippen LogP contribution is 2.45. The first-order valence-electron chi connectivity index (χ1n) is 5.28. The second kappa shape index (κ2) is 4.03. The van der Waals surface area contributed by atoms with Crippen LogP contribution in [0.15, 0.2) is 6.20 Å². The molecule has 2 heterocycles. The highest BCUT2D eigenvalue weighted by atomic mass is 16.6. The molecule has 0 amide bonds. The number of aromatic nitrogens is 1. The van der Waals surface area contributed by atoms with Gasteiger partial charge in [-0.15, -0.1) is 0 Å². The molecular formula is C12H17NO3. The van der Waals surface area contributed by atoms with E-state index in [1.807, 2.05) is 13.1 Å². The van der Waals surface area contributed by atoms with Crippen molar-refractivity contribution in [1.82, 2.24) is 4.98 Å². The molecule has 4 heteroatoms. The number of aryl methyl sites for hydroxylation is 1. The molecule has 0 saturated carbocycles. The molecule has 1 aliphatic heterocycles. The minimum Gasteiger partial charge on any atom is -0.494 e. The third kappa shape index (κ3) is 1.79. The van der Waals surface area contributed by atoms with E-state index in [1.54, 1.807) is 14.2 Å². The van der Waals surface area contributed by atoms with Gasteiger partial charge < -0.3 is 14.2 Å². The fraction of sp³-hybridized carbons (Fsp3) is 0.583. The van der Waals surface area contributed by atoms with E-state index in [-0.39, 0.29) is 5.60 Å². The van der Waals surface area contributed by atoms with Crippen LogP contribution in [-0.2, 0) is 21.7 Å². The summed E-state index contributed by atoms with van der Waals surface area (Å²) in [5.41, 5.74) is 2.76. The number of ether oxygens (including phenoxy) is 3. The summed E-state index contributed by atoms with van der Waals surface area (Å²) in [7, 11) is 3.34. The van der Waals surface area contributed by atoms with Crippen LogP contribution < -0.4 is 4.74 Å². The summed E-state index contributed by atoms with van der Waals surface area (Å²) in [6.07, 6.45) is 1.84. The molecule has 1 aromatic heterocycles. The monoisotopic (exact) mass is 223 g/mol. The highest BCUT2D eigenvalue weighted by Gasteiger charge is 2.45. The lowest BCUT2D eigenvalue weighted by molar-refractivity contribution is 0.181. The van der Waals surface area contributed by atoms with Gasteiger partial charge in [-0.3, -0.25) is 4.98 Å². The Bertz CT molecular complexity index is 399. The molecule has 4 nitrogen and oxygen atoms in total. The predicted octanol–water partition coefficient (Wildman–Crippen LogP) is 1.79. The first kappa shape index (κ1) is 11.4. The molecule has 88 valence electrons. The van der Waals surface area contributed by atoms with Crippen LogP contribution in [0.2, 0.25) is 0 Å². The Labute approximate surface area is 95.5 Å². The third-order valence-electron chi connectivity index (χ3n) is 2.90. The van der Waals surface area contributed by atoms with E-state index < -0.39 is 0 Å². The minimum atomic E-state index is -0.229. The summed E-state index contributed by atoms with van der Waals surface area (Å²) in [6, 6.07) is 0. The number of pyridine rings is 1. The molecular weight excluding hydrogens is 206 g/mol. The zero-order valence-electron chi connectivity index (χ0n) is 10.2. The van der Waals surface area contributed by atoms with Crippen molar-refractivity contribution in [3.8, 4) is 5.75 Å². The SMILES string of the molecule is COCc1cnc(C)c(OC)c1C1(C)CO1. The van der Waals surface area contributed by atoms with Gasteiger partial charge in [0.05, 0.1) is 26.0 Å². The van der Waals surface area contributed by atoms with Crippen molar-refractivity contribution in [3.63, 3.8) is 0 Å². The standard InChI is InChI=1S/C12H17NO3/c1-8-11(15-4)10(12(2)7-16-12)9(5-13-8)6-14-3/h5H,6-7H2,1-4H3. The Morgan fingerprint density at radius 1 is 1.50 bits per heavy atom. The maximum absolute atomic E-state index is 5.50. The van der Waals surface area contributed by atoms with Gasteiger partial charge in [0, 0.05) is 24.4 Å². The van der Waals surface area contributed by atoms with E-state index in [2.05, 4.69) is 11.9 Å². The average molecular weight is 223 g/mol. The van der Waals surface area contributed by atoms with Crippen LogP contribution in [0.4, 0.5) is 0 Å². The van der Waals surface area contributed by atoms with Crippen molar-refractivity contribution in [2.45, 2.75) is 26.1 Å². The summed E-state index contributed by atoms with van der Waals surface area (Å²) in [5, 5.41) is 0. The van der Waals surface area contributed by atoms with Gasteiger partial charge >= 0.3 is 0 Å². The second-order valence-electron chi connectivity index (χ2n) is 4.23. The maximum Gasteiger partial charge on any atom is 0.146 e. The van der Waals surface area contributed by atoms with Gasteiger partial charge in [-0.05, 0) is 13.8 Å². The molecule has 2 rings (SSSR count). The van der Waals surface area contributed by atoms with Gasteiger partial charge in [0.2, 0.25) is 0 Å². The van der Waals surface area contributed by atoms with Crippen LogP contribution in [0.1, 0.15) is 23.7 Å². The number of hydrogen-bond donors (Lipinski definition) is 0. The van der Waals surface area contributed by atoms with E-state index in [1.165, 1.54) is 0 Å². The number of epoxide rings is 1. The molecule has 1 atom stereocenters. The van der Waals surface area contributed by atoms with Crippen molar-refractivity contribution < 1.29 is 14.2 Å². The van der Waals surface area contributed by atoms with Gasteiger partial charge in [-0.1, -0.05) is 0 Å². The normalized spacial score (nSPS) is 23.2. The first-order chi connectivity index (χ1) is 7.62. The van der Waals surface area contributed by atoms with E-state index in [9.17, 15) is 0 Å². The molecule has 0 aromatic carbocycles.